The number of pyridine rings is 2. The number of aliphatic hydroxyl groups excluding tert-OH is 1. The van der Waals surface area contributed by atoms with E-state index in [1.165, 1.54) is 6.07 Å². The van der Waals surface area contributed by atoms with Crippen molar-refractivity contribution in [3.8, 4) is 11.3 Å². The molecule has 1 atom stereocenters. The lowest BCUT2D eigenvalue weighted by Gasteiger charge is -2.35. The zero-order chi connectivity index (χ0) is 23.0. The largest absolute Gasteiger partial charge is 0.416 e. The molecule has 0 bridgehead atoms. The molecule has 33 heavy (non-hydrogen) atoms. The molecule has 0 amide bonds. The van der Waals surface area contributed by atoms with Crippen molar-refractivity contribution in [2.75, 3.05) is 34.8 Å². The van der Waals surface area contributed by atoms with Crippen molar-refractivity contribution in [1.82, 2.24) is 9.97 Å². The Kier molecular flexibility index (Phi) is 5.57. The summed E-state index contributed by atoms with van der Waals surface area (Å²) in [7, 11) is 0. The number of nitrogens with zero attached hydrogens (tertiary/aromatic N) is 4. The van der Waals surface area contributed by atoms with Crippen LogP contribution in [0.3, 0.4) is 0 Å². The van der Waals surface area contributed by atoms with Gasteiger partial charge in [-0.1, -0.05) is 18.2 Å². The van der Waals surface area contributed by atoms with Gasteiger partial charge in [-0.15, -0.1) is 0 Å². The van der Waals surface area contributed by atoms with Gasteiger partial charge in [-0.25, -0.2) is 9.97 Å². The summed E-state index contributed by atoms with van der Waals surface area (Å²) in [4.78, 5) is 13.0. The minimum atomic E-state index is -4.42. The molecule has 0 aliphatic carbocycles. The summed E-state index contributed by atoms with van der Waals surface area (Å²) in [6.07, 6.45) is -0.979. The van der Waals surface area contributed by atoms with Crippen LogP contribution in [0.5, 0.6) is 0 Å². The van der Waals surface area contributed by atoms with Crippen LogP contribution in [0.2, 0.25) is 0 Å². The summed E-state index contributed by atoms with van der Waals surface area (Å²) in [5.74, 6) is 1.44. The third-order valence-corrected chi connectivity index (χ3v) is 6.08. The molecule has 4 heterocycles. The van der Waals surface area contributed by atoms with Crippen LogP contribution in [0.25, 0.3) is 11.3 Å². The van der Waals surface area contributed by atoms with Crippen molar-refractivity contribution >= 4 is 17.3 Å². The average molecular weight is 455 g/mol. The number of aryl methyl sites for hydroxylation is 1. The van der Waals surface area contributed by atoms with Crippen LogP contribution >= 0.6 is 0 Å². The Morgan fingerprint density at radius 1 is 1.00 bits per heavy atom. The van der Waals surface area contributed by atoms with E-state index in [-0.39, 0.29) is 0 Å². The first-order valence-electron chi connectivity index (χ1n) is 11.0. The average Bonchev–Trinajstić information content (AvgIpc) is 2.77. The maximum Gasteiger partial charge on any atom is 0.416 e. The van der Waals surface area contributed by atoms with Crippen LogP contribution in [-0.4, -0.2) is 41.1 Å². The minimum absolute atomic E-state index is 0.383. The summed E-state index contributed by atoms with van der Waals surface area (Å²) in [6, 6.07) is 12.5. The lowest BCUT2D eigenvalue weighted by Crippen LogP contribution is -2.44. The number of aromatic nitrogens is 2. The Balaban J connectivity index is 1.40. The molecule has 2 N–H and O–H groups in total. The van der Waals surface area contributed by atoms with Crippen molar-refractivity contribution in [3.63, 3.8) is 0 Å². The molecule has 0 radical (unpaired) electrons. The topological polar surface area (TPSA) is 64.5 Å². The summed E-state index contributed by atoms with van der Waals surface area (Å²) in [5.41, 5.74) is 1.79. The maximum atomic E-state index is 13.2. The number of rotatable bonds is 5. The lowest BCUT2D eigenvalue weighted by atomic mass is 10.0. The molecular formula is C24H24F3N5O. The fraction of sp³-hybridized carbons (Fsp3) is 0.333. The second-order valence-corrected chi connectivity index (χ2v) is 8.32. The van der Waals surface area contributed by atoms with Crippen molar-refractivity contribution in [1.29, 1.82) is 0 Å². The smallest absolute Gasteiger partial charge is 0.356 e. The number of alkyl halides is 3. The van der Waals surface area contributed by atoms with E-state index in [2.05, 4.69) is 20.2 Å². The minimum Gasteiger partial charge on any atom is -0.356 e. The highest BCUT2D eigenvalue weighted by molar-refractivity contribution is 5.65. The molecule has 6 nitrogen and oxygen atoms in total. The van der Waals surface area contributed by atoms with Crippen molar-refractivity contribution in [3.05, 3.63) is 65.9 Å². The number of nitrogens with one attached hydrogen (secondary N) is 1. The molecule has 9 heteroatoms. The monoisotopic (exact) mass is 455 g/mol. The fourth-order valence-corrected chi connectivity index (χ4v) is 4.17. The molecule has 1 aromatic carbocycles. The van der Waals surface area contributed by atoms with Crippen molar-refractivity contribution < 1.29 is 18.3 Å². The predicted octanol–water partition coefficient (Wildman–Crippen LogP) is 4.51. The number of hydrogen-bond donors (Lipinski definition) is 2. The molecule has 2 aromatic heterocycles. The van der Waals surface area contributed by atoms with Gasteiger partial charge in [0.15, 0.2) is 0 Å². The first-order valence-corrected chi connectivity index (χ1v) is 11.0. The maximum absolute atomic E-state index is 13.2. The van der Waals surface area contributed by atoms with Crippen LogP contribution in [0, 0.1) is 0 Å². The molecular weight excluding hydrogens is 431 g/mol. The fourth-order valence-electron chi connectivity index (χ4n) is 4.17. The third-order valence-electron chi connectivity index (χ3n) is 6.08. The Morgan fingerprint density at radius 2 is 1.85 bits per heavy atom. The third kappa shape index (κ3) is 4.45. The van der Waals surface area contributed by atoms with Crippen LogP contribution in [0.4, 0.5) is 30.5 Å². The van der Waals surface area contributed by atoms with E-state index in [1.807, 2.05) is 12.1 Å². The highest BCUT2D eigenvalue weighted by Gasteiger charge is 2.31. The molecule has 5 rings (SSSR count). The molecule has 0 saturated carbocycles. The number of benzene rings is 1. The first-order chi connectivity index (χ1) is 15.9. The van der Waals surface area contributed by atoms with Gasteiger partial charge < -0.3 is 20.2 Å². The summed E-state index contributed by atoms with van der Waals surface area (Å²) in [5, 5.41) is 14.1. The van der Waals surface area contributed by atoms with E-state index in [0.29, 0.717) is 23.6 Å². The van der Waals surface area contributed by atoms with E-state index in [1.54, 1.807) is 29.3 Å². The van der Waals surface area contributed by atoms with Gasteiger partial charge in [0.25, 0.3) is 0 Å². The Bertz CT molecular complexity index is 1150. The van der Waals surface area contributed by atoms with Gasteiger partial charge in [-0.2, -0.15) is 13.2 Å². The molecule has 1 saturated heterocycles. The van der Waals surface area contributed by atoms with Gasteiger partial charge >= 0.3 is 6.18 Å². The number of aliphatic hydroxyl groups is 1. The van der Waals surface area contributed by atoms with Crippen molar-refractivity contribution in [2.24, 2.45) is 0 Å². The summed E-state index contributed by atoms with van der Waals surface area (Å²) < 4.78 is 39.5. The zero-order valence-corrected chi connectivity index (χ0v) is 17.9. The molecule has 1 fully saturated rings. The highest BCUT2D eigenvalue weighted by atomic mass is 19.4. The number of anilines is 3. The van der Waals surface area contributed by atoms with E-state index in [9.17, 15) is 18.3 Å². The van der Waals surface area contributed by atoms with E-state index < -0.39 is 18.1 Å². The molecule has 3 aromatic rings. The first kappa shape index (κ1) is 21.5. The number of hydrogen-bond acceptors (Lipinski definition) is 6. The van der Waals surface area contributed by atoms with E-state index in [4.69, 9.17) is 0 Å². The second kappa shape index (κ2) is 8.55. The molecule has 1 unspecified atom stereocenters. The zero-order valence-electron chi connectivity index (χ0n) is 17.9. The summed E-state index contributed by atoms with van der Waals surface area (Å²) >= 11 is 0. The highest BCUT2D eigenvalue weighted by Crippen LogP contribution is 2.34. The van der Waals surface area contributed by atoms with Gasteiger partial charge in [0.2, 0.25) is 6.35 Å². The second-order valence-electron chi connectivity index (χ2n) is 8.32. The SMILES string of the molecule is OC(Nc1ccnc(N2CCC2)c1)N1CCCc2ccc(-c3cccc(C(F)(F)F)c3)nc21. The predicted molar refractivity (Wildman–Crippen MR) is 121 cm³/mol. The van der Waals surface area contributed by atoms with Crippen LogP contribution in [0.15, 0.2) is 54.7 Å². The van der Waals surface area contributed by atoms with Gasteiger partial charge in [0.05, 0.1) is 11.3 Å². The van der Waals surface area contributed by atoms with Crippen LogP contribution < -0.4 is 15.1 Å². The summed E-state index contributed by atoms with van der Waals surface area (Å²) in [6.45, 7) is 2.52. The Labute approximate surface area is 189 Å². The van der Waals surface area contributed by atoms with Crippen molar-refractivity contribution in [2.45, 2.75) is 31.8 Å². The van der Waals surface area contributed by atoms with Gasteiger partial charge in [-0.3, -0.25) is 0 Å². The van der Waals surface area contributed by atoms with Gasteiger partial charge in [0, 0.05) is 43.1 Å². The normalized spacial score (nSPS) is 16.7. The van der Waals surface area contributed by atoms with E-state index >= 15 is 0 Å². The van der Waals surface area contributed by atoms with Gasteiger partial charge in [-0.05, 0) is 49.1 Å². The van der Waals surface area contributed by atoms with E-state index in [0.717, 1.165) is 61.6 Å². The lowest BCUT2D eigenvalue weighted by molar-refractivity contribution is -0.137. The molecule has 2 aliphatic rings. The Morgan fingerprint density at radius 3 is 2.61 bits per heavy atom. The standard InChI is InChI=1S/C24H24F3N5O/c25-24(26,27)18-6-1-4-17(14-18)20-8-7-16-5-2-13-32(22(16)30-20)23(33)29-19-9-10-28-21(15-19)31-11-3-12-31/h1,4,6-10,14-15,23,33H,2-3,5,11-13H2,(H,28,29). The van der Waals surface area contributed by atoms with Gasteiger partial charge in [0.1, 0.15) is 11.6 Å². The number of fused-ring (bicyclic) bond motifs is 1. The van der Waals surface area contributed by atoms with Crippen LogP contribution in [0.1, 0.15) is 24.0 Å². The molecule has 172 valence electrons. The Hall–Kier alpha value is -3.33. The molecule has 0 spiro atoms. The van der Waals surface area contributed by atoms with Crippen LogP contribution in [-0.2, 0) is 12.6 Å². The number of halogens is 3. The molecule has 2 aliphatic heterocycles. The quantitative estimate of drug-likeness (QED) is 0.552.